The topological polar surface area (TPSA) is 52.6 Å². The summed E-state index contributed by atoms with van der Waals surface area (Å²) < 4.78 is 0. The van der Waals surface area contributed by atoms with Crippen LogP contribution < -0.4 is 10.6 Å². The van der Waals surface area contributed by atoms with Gasteiger partial charge in [0.25, 0.3) is 0 Å². The smallest absolute Gasteiger partial charge is 0.191 e. The zero-order chi connectivity index (χ0) is 18.2. The van der Waals surface area contributed by atoms with Crippen molar-refractivity contribution in [3.05, 3.63) is 52.0 Å². The van der Waals surface area contributed by atoms with Crippen LogP contribution in [0.5, 0.6) is 0 Å². The molecule has 0 atom stereocenters. The molecule has 27 heavy (non-hydrogen) atoms. The Kier molecular flexibility index (Phi) is 9.50. The molecule has 1 fully saturated rings. The van der Waals surface area contributed by atoms with E-state index in [0.717, 1.165) is 51.4 Å². The molecular formula is C20H30IN5S. The second-order valence-electron chi connectivity index (χ2n) is 6.88. The molecule has 0 saturated carbocycles. The molecule has 0 bridgehead atoms. The number of rotatable bonds is 6. The van der Waals surface area contributed by atoms with Crippen LogP contribution in [0.4, 0.5) is 0 Å². The number of aryl methyl sites for hydroxylation is 1. The highest BCUT2D eigenvalue weighted by molar-refractivity contribution is 14.0. The number of piperidine rings is 1. The van der Waals surface area contributed by atoms with Crippen molar-refractivity contribution < 1.29 is 0 Å². The Morgan fingerprint density at radius 2 is 2.15 bits per heavy atom. The molecular weight excluding hydrogens is 469 g/mol. The molecule has 2 N–H and O–H groups in total. The molecule has 0 spiro atoms. The molecule has 0 unspecified atom stereocenters. The van der Waals surface area contributed by atoms with Gasteiger partial charge in [-0.1, -0.05) is 0 Å². The Morgan fingerprint density at radius 1 is 1.33 bits per heavy atom. The zero-order valence-electron chi connectivity index (χ0n) is 16.1. The minimum absolute atomic E-state index is 0. The highest BCUT2D eigenvalue weighted by Crippen LogP contribution is 2.15. The number of hydrogen-bond donors (Lipinski definition) is 2. The van der Waals surface area contributed by atoms with Crippen LogP contribution in [-0.4, -0.2) is 48.6 Å². The van der Waals surface area contributed by atoms with Crippen molar-refractivity contribution in [3.63, 3.8) is 0 Å². The Balaban J connectivity index is 0.00000261. The molecule has 0 amide bonds. The summed E-state index contributed by atoms with van der Waals surface area (Å²) in [4.78, 5) is 11.1. The van der Waals surface area contributed by atoms with E-state index in [9.17, 15) is 0 Å². The van der Waals surface area contributed by atoms with E-state index in [0.29, 0.717) is 6.04 Å². The number of pyridine rings is 1. The monoisotopic (exact) mass is 499 g/mol. The lowest BCUT2D eigenvalue weighted by molar-refractivity contribution is 0.198. The lowest BCUT2D eigenvalue weighted by atomic mass is 10.0. The SMILES string of the molecule is CN=C(NCCc1ccncc1C)NC1CCN(Cc2ccsc2)CC1.I. The van der Waals surface area contributed by atoms with E-state index in [4.69, 9.17) is 0 Å². The first kappa shape index (κ1) is 22.1. The van der Waals surface area contributed by atoms with Crippen molar-refractivity contribution in [1.82, 2.24) is 20.5 Å². The lowest BCUT2D eigenvalue weighted by Crippen LogP contribution is -2.48. The number of likely N-dealkylation sites (tertiary alicyclic amines) is 1. The predicted octanol–water partition coefficient (Wildman–Crippen LogP) is 3.44. The number of thiophene rings is 1. The number of hydrogen-bond acceptors (Lipinski definition) is 4. The molecule has 1 saturated heterocycles. The number of aliphatic imine (C=N–C) groups is 1. The number of nitrogens with zero attached hydrogens (tertiary/aromatic N) is 3. The minimum atomic E-state index is 0. The van der Waals surface area contributed by atoms with Gasteiger partial charge in [0.1, 0.15) is 0 Å². The van der Waals surface area contributed by atoms with Crippen LogP contribution >= 0.6 is 35.3 Å². The normalized spacial score (nSPS) is 16.0. The first-order valence-electron chi connectivity index (χ1n) is 9.34. The molecule has 148 valence electrons. The van der Waals surface area contributed by atoms with Gasteiger partial charge in [-0.2, -0.15) is 11.3 Å². The van der Waals surface area contributed by atoms with E-state index in [1.165, 1.54) is 16.7 Å². The van der Waals surface area contributed by atoms with E-state index < -0.39 is 0 Å². The third-order valence-corrected chi connectivity index (χ3v) is 5.69. The van der Waals surface area contributed by atoms with Gasteiger partial charge in [-0.15, -0.1) is 24.0 Å². The van der Waals surface area contributed by atoms with Gasteiger partial charge in [0.05, 0.1) is 0 Å². The third-order valence-electron chi connectivity index (χ3n) is 4.96. The van der Waals surface area contributed by atoms with Gasteiger partial charge in [0.15, 0.2) is 5.96 Å². The second-order valence-corrected chi connectivity index (χ2v) is 7.66. The van der Waals surface area contributed by atoms with Gasteiger partial charge in [-0.25, -0.2) is 0 Å². The average Bonchev–Trinajstić information content (AvgIpc) is 3.17. The molecule has 1 aliphatic heterocycles. The van der Waals surface area contributed by atoms with E-state index >= 15 is 0 Å². The fourth-order valence-electron chi connectivity index (χ4n) is 3.36. The summed E-state index contributed by atoms with van der Waals surface area (Å²) in [5.74, 6) is 0.910. The van der Waals surface area contributed by atoms with Crippen LogP contribution in [-0.2, 0) is 13.0 Å². The number of aromatic nitrogens is 1. The maximum atomic E-state index is 4.39. The van der Waals surface area contributed by atoms with Gasteiger partial charge in [-0.3, -0.25) is 14.9 Å². The highest BCUT2D eigenvalue weighted by atomic mass is 127. The first-order valence-corrected chi connectivity index (χ1v) is 10.3. The fourth-order valence-corrected chi connectivity index (χ4v) is 4.02. The summed E-state index contributed by atoms with van der Waals surface area (Å²) in [5.41, 5.74) is 4.02. The molecule has 3 rings (SSSR count). The molecule has 7 heteroatoms. The first-order chi connectivity index (χ1) is 12.7. The predicted molar refractivity (Wildman–Crippen MR) is 125 cm³/mol. The zero-order valence-corrected chi connectivity index (χ0v) is 19.3. The summed E-state index contributed by atoms with van der Waals surface area (Å²) in [7, 11) is 1.85. The molecule has 0 aromatic carbocycles. The Morgan fingerprint density at radius 3 is 2.81 bits per heavy atom. The summed E-state index contributed by atoms with van der Waals surface area (Å²) in [6, 6.07) is 4.82. The lowest BCUT2D eigenvalue weighted by Gasteiger charge is -2.33. The number of guanidine groups is 1. The van der Waals surface area contributed by atoms with E-state index in [-0.39, 0.29) is 24.0 Å². The molecule has 2 aromatic rings. The number of nitrogens with one attached hydrogen (secondary N) is 2. The summed E-state index contributed by atoms with van der Waals surface area (Å²) in [6.45, 7) is 6.34. The van der Waals surface area contributed by atoms with Crippen LogP contribution in [0.1, 0.15) is 29.5 Å². The standard InChI is InChI=1S/C20H29N5S.HI/c1-16-13-22-8-3-18(16)4-9-23-20(21-2)24-19-5-10-25(11-6-19)14-17-7-12-26-15-17;/h3,7-8,12-13,15,19H,4-6,9-11,14H2,1-2H3,(H2,21,23,24);1H. The van der Waals surface area contributed by atoms with Gasteiger partial charge in [-0.05, 0) is 65.8 Å². The summed E-state index contributed by atoms with van der Waals surface area (Å²) >= 11 is 1.78. The molecule has 1 aliphatic rings. The van der Waals surface area contributed by atoms with Crippen molar-refractivity contribution in [2.24, 2.45) is 4.99 Å². The number of halogens is 1. The molecule has 2 aromatic heterocycles. The molecule has 0 aliphatic carbocycles. The molecule has 0 radical (unpaired) electrons. The van der Waals surface area contributed by atoms with Gasteiger partial charge < -0.3 is 10.6 Å². The van der Waals surface area contributed by atoms with Crippen molar-refractivity contribution >= 4 is 41.3 Å². The van der Waals surface area contributed by atoms with E-state index in [2.05, 4.69) is 55.3 Å². The van der Waals surface area contributed by atoms with Crippen LogP contribution in [0.15, 0.2) is 40.3 Å². The fraction of sp³-hybridized carbons (Fsp3) is 0.500. The van der Waals surface area contributed by atoms with Crippen LogP contribution in [0.2, 0.25) is 0 Å². The molecule has 3 heterocycles. The van der Waals surface area contributed by atoms with Gasteiger partial charge in [0.2, 0.25) is 0 Å². The van der Waals surface area contributed by atoms with E-state index in [1.54, 1.807) is 11.3 Å². The van der Waals surface area contributed by atoms with Crippen LogP contribution in [0.25, 0.3) is 0 Å². The Hall–Kier alpha value is -1.19. The van der Waals surface area contributed by atoms with Crippen molar-refractivity contribution in [3.8, 4) is 0 Å². The minimum Gasteiger partial charge on any atom is -0.356 e. The van der Waals surface area contributed by atoms with Gasteiger partial charge in [0, 0.05) is 51.7 Å². The van der Waals surface area contributed by atoms with Crippen molar-refractivity contribution in [2.75, 3.05) is 26.7 Å². The quantitative estimate of drug-likeness (QED) is 0.363. The summed E-state index contributed by atoms with van der Waals surface area (Å²) in [6.07, 6.45) is 7.09. The average molecular weight is 499 g/mol. The summed E-state index contributed by atoms with van der Waals surface area (Å²) in [5, 5.41) is 11.4. The maximum Gasteiger partial charge on any atom is 0.191 e. The Bertz CT molecular complexity index is 696. The second kappa shape index (κ2) is 11.6. The third kappa shape index (κ3) is 7.04. The highest BCUT2D eigenvalue weighted by Gasteiger charge is 2.20. The largest absolute Gasteiger partial charge is 0.356 e. The van der Waals surface area contributed by atoms with E-state index in [1.807, 2.05) is 19.4 Å². The van der Waals surface area contributed by atoms with Crippen molar-refractivity contribution in [1.29, 1.82) is 0 Å². The Labute approximate surface area is 183 Å². The molecule has 5 nitrogen and oxygen atoms in total. The van der Waals surface area contributed by atoms with Crippen LogP contribution in [0, 0.1) is 6.92 Å². The van der Waals surface area contributed by atoms with Crippen LogP contribution in [0.3, 0.4) is 0 Å². The van der Waals surface area contributed by atoms with Gasteiger partial charge >= 0.3 is 0 Å². The van der Waals surface area contributed by atoms with Crippen molar-refractivity contribution in [2.45, 2.75) is 38.8 Å². The maximum absolute atomic E-state index is 4.39.